The lowest BCUT2D eigenvalue weighted by Crippen LogP contribution is -1.71. The fourth-order valence-electron chi connectivity index (χ4n) is 0.279. The lowest BCUT2D eigenvalue weighted by atomic mass is 10.8. The minimum Gasteiger partial charge on any atom is -0.210 e. The van der Waals surface area contributed by atoms with Crippen molar-refractivity contribution in [3.05, 3.63) is 17.4 Å². The van der Waals surface area contributed by atoms with Crippen LogP contribution in [0.15, 0.2) is 12.4 Å². The Balaban J connectivity index is 3.04. The summed E-state index contributed by atoms with van der Waals surface area (Å²) in [6.07, 6.45) is 3.32. The molecule has 0 aromatic carbocycles. The zero-order valence-electron chi connectivity index (χ0n) is 3.31. The Bertz CT molecular complexity index is 145. The molecule has 0 N–H and O–H groups in total. The molecule has 0 atom stereocenters. The van der Waals surface area contributed by atoms with Gasteiger partial charge >= 0.3 is 0 Å². The van der Waals surface area contributed by atoms with Crippen LogP contribution in [0.1, 0.15) is 0 Å². The molecule has 4 heteroatoms. The molecular formula is C3H2ClIN2. The van der Waals surface area contributed by atoms with Gasteiger partial charge in [-0.1, -0.05) is 11.6 Å². The molecule has 0 saturated carbocycles. The Labute approximate surface area is 60.0 Å². The summed E-state index contributed by atoms with van der Waals surface area (Å²) in [4.78, 5) is 0. The largest absolute Gasteiger partial charge is 0.210 e. The van der Waals surface area contributed by atoms with Gasteiger partial charge in [0.05, 0.1) is 40.3 Å². The number of aromatic nitrogens is 2. The highest BCUT2D eigenvalue weighted by Crippen LogP contribution is 2.05. The van der Waals surface area contributed by atoms with Gasteiger partial charge in [0.25, 0.3) is 0 Å². The van der Waals surface area contributed by atoms with E-state index in [-0.39, 0.29) is 0 Å². The molecule has 0 fully saturated rings. The highest BCUT2D eigenvalue weighted by atomic mass is 127. The lowest BCUT2D eigenvalue weighted by Gasteiger charge is -1.73. The van der Waals surface area contributed by atoms with Gasteiger partial charge in [0.2, 0.25) is 0 Å². The average molecular weight is 228 g/mol. The molecule has 0 aliphatic rings. The maximum absolute atomic E-state index is 5.47. The molecule has 1 rings (SSSR count). The van der Waals surface area contributed by atoms with Crippen molar-refractivity contribution in [2.24, 2.45) is 0 Å². The maximum Gasteiger partial charge on any atom is 0.0843 e. The molecule has 2 nitrogen and oxygen atoms in total. The minimum absolute atomic E-state index is 0.675. The van der Waals surface area contributed by atoms with E-state index in [2.05, 4.69) is 5.10 Å². The molecule has 1 aromatic heterocycles. The van der Waals surface area contributed by atoms with Gasteiger partial charge in [0, 0.05) is 0 Å². The highest BCUT2D eigenvalue weighted by Gasteiger charge is 1.86. The van der Waals surface area contributed by atoms with Crippen LogP contribution < -0.4 is 0 Å². The van der Waals surface area contributed by atoms with E-state index < -0.39 is 0 Å². The fraction of sp³-hybridized carbons (Fsp3) is 0. The van der Waals surface area contributed by atoms with Crippen molar-refractivity contribution in [2.75, 3.05) is 0 Å². The number of hydrogen-bond donors (Lipinski definition) is 0. The molecule has 0 aliphatic heterocycles. The second-order valence-electron chi connectivity index (χ2n) is 1.05. The summed E-state index contributed by atoms with van der Waals surface area (Å²) >= 11 is 7.49. The van der Waals surface area contributed by atoms with E-state index in [1.807, 2.05) is 22.9 Å². The summed E-state index contributed by atoms with van der Waals surface area (Å²) in [6, 6.07) is 0. The predicted molar refractivity (Wildman–Crippen MR) is 36.7 cm³/mol. The zero-order chi connectivity index (χ0) is 5.28. The third-order valence-electron chi connectivity index (χ3n) is 0.521. The molecule has 0 radical (unpaired) electrons. The average Bonchev–Trinajstić information content (AvgIpc) is 1.87. The maximum atomic E-state index is 5.47. The molecule has 0 aliphatic carbocycles. The second kappa shape index (κ2) is 2.00. The molecule has 1 aromatic rings. The molecule has 0 amide bonds. The standard InChI is InChI=1S/C3H2ClIN2/c4-3-1-6-7(5)2-3/h1-2H. The van der Waals surface area contributed by atoms with Crippen molar-refractivity contribution in [3.8, 4) is 0 Å². The van der Waals surface area contributed by atoms with Gasteiger partial charge < -0.3 is 0 Å². The number of halogens is 2. The predicted octanol–water partition coefficient (Wildman–Crippen LogP) is 1.73. The van der Waals surface area contributed by atoms with E-state index in [0.29, 0.717) is 5.02 Å². The van der Waals surface area contributed by atoms with Crippen molar-refractivity contribution >= 4 is 34.5 Å². The first-order chi connectivity index (χ1) is 3.29. The van der Waals surface area contributed by atoms with Crippen LogP contribution >= 0.6 is 34.5 Å². The van der Waals surface area contributed by atoms with Gasteiger partial charge in [-0.15, -0.1) is 0 Å². The molecule has 1 heterocycles. The summed E-state index contributed by atoms with van der Waals surface area (Å²) in [6.45, 7) is 0. The van der Waals surface area contributed by atoms with E-state index in [1.165, 1.54) is 0 Å². The Morgan fingerprint density at radius 2 is 2.57 bits per heavy atom. The van der Waals surface area contributed by atoms with E-state index in [9.17, 15) is 0 Å². The Morgan fingerprint density at radius 1 is 1.86 bits per heavy atom. The summed E-state index contributed by atoms with van der Waals surface area (Å²) in [7, 11) is 0. The van der Waals surface area contributed by atoms with Gasteiger partial charge in [-0.05, 0) is 0 Å². The SMILES string of the molecule is Clc1cnn(I)c1. The quantitative estimate of drug-likeness (QED) is 0.619. The molecule has 38 valence electrons. The van der Waals surface area contributed by atoms with Crippen LogP contribution in [0.5, 0.6) is 0 Å². The smallest absolute Gasteiger partial charge is 0.0843 e. The first-order valence-electron chi connectivity index (χ1n) is 1.65. The monoisotopic (exact) mass is 228 g/mol. The third kappa shape index (κ3) is 1.31. The van der Waals surface area contributed by atoms with E-state index in [0.717, 1.165) is 0 Å². The Hall–Kier alpha value is 0.230. The number of nitrogens with zero attached hydrogens (tertiary/aromatic N) is 2. The van der Waals surface area contributed by atoms with Crippen molar-refractivity contribution in [1.29, 1.82) is 0 Å². The van der Waals surface area contributed by atoms with Gasteiger partial charge in [-0.3, -0.25) is 0 Å². The van der Waals surface area contributed by atoms with Crippen molar-refractivity contribution < 1.29 is 0 Å². The van der Waals surface area contributed by atoms with E-state index >= 15 is 0 Å². The van der Waals surface area contributed by atoms with Crippen LogP contribution in [0.3, 0.4) is 0 Å². The fourth-order valence-corrected chi connectivity index (χ4v) is 1.00. The van der Waals surface area contributed by atoms with Crippen molar-refractivity contribution in [3.63, 3.8) is 0 Å². The summed E-state index contributed by atoms with van der Waals surface area (Å²) < 4.78 is 1.63. The molecule has 0 unspecified atom stereocenters. The van der Waals surface area contributed by atoms with E-state index in [1.54, 1.807) is 15.3 Å². The molecular weight excluding hydrogens is 226 g/mol. The van der Waals surface area contributed by atoms with Crippen LogP contribution in [0.25, 0.3) is 0 Å². The normalized spacial score (nSPS) is 9.43. The van der Waals surface area contributed by atoms with Crippen LogP contribution in [0, 0.1) is 0 Å². The highest BCUT2D eigenvalue weighted by molar-refractivity contribution is 14.1. The molecule has 0 spiro atoms. The summed E-state index contributed by atoms with van der Waals surface area (Å²) in [5.74, 6) is 0. The third-order valence-corrected chi connectivity index (χ3v) is 1.24. The first kappa shape index (κ1) is 5.37. The van der Waals surface area contributed by atoms with Gasteiger partial charge in [-0.25, -0.2) is 2.90 Å². The molecule has 7 heavy (non-hydrogen) atoms. The van der Waals surface area contributed by atoms with E-state index in [4.69, 9.17) is 11.6 Å². The summed E-state index contributed by atoms with van der Waals surface area (Å²) in [5, 5.41) is 4.46. The molecule has 0 bridgehead atoms. The Kier molecular flexibility index (Phi) is 1.53. The zero-order valence-corrected chi connectivity index (χ0v) is 6.22. The summed E-state index contributed by atoms with van der Waals surface area (Å²) in [5.41, 5.74) is 0. The van der Waals surface area contributed by atoms with Gasteiger partial charge in [0.1, 0.15) is 0 Å². The number of hydrogen-bond acceptors (Lipinski definition) is 1. The topological polar surface area (TPSA) is 17.8 Å². The minimum atomic E-state index is 0.675. The second-order valence-corrected chi connectivity index (χ2v) is 2.47. The van der Waals surface area contributed by atoms with Crippen molar-refractivity contribution in [2.45, 2.75) is 0 Å². The van der Waals surface area contributed by atoms with Gasteiger partial charge in [0.15, 0.2) is 0 Å². The van der Waals surface area contributed by atoms with Crippen LogP contribution in [0.2, 0.25) is 5.02 Å². The number of rotatable bonds is 0. The van der Waals surface area contributed by atoms with Crippen LogP contribution in [-0.2, 0) is 0 Å². The van der Waals surface area contributed by atoms with Crippen LogP contribution in [0.4, 0.5) is 0 Å². The Morgan fingerprint density at radius 3 is 2.71 bits per heavy atom. The lowest BCUT2D eigenvalue weighted by molar-refractivity contribution is 1.06. The molecule has 0 saturated heterocycles. The first-order valence-corrected chi connectivity index (χ1v) is 2.99. The van der Waals surface area contributed by atoms with Crippen LogP contribution in [-0.4, -0.2) is 7.99 Å². The van der Waals surface area contributed by atoms with Crippen molar-refractivity contribution in [1.82, 2.24) is 7.99 Å². The van der Waals surface area contributed by atoms with Gasteiger partial charge in [-0.2, -0.15) is 5.10 Å².